The van der Waals surface area contributed by atoms with Gasteiger partial charge < -0.3 is 15.1 Å². The van der Waals surface area contributed by atoms with Gasteiger partial charge in [0.15, 0.2) is 0 Å². The van der Waals surface area contributed by atoms with Crippen LogP contribution in [0.25, 0.3) is 0 Å². The van der Waals surface area contributed by atoms with Gasteiger partial charge in [-0.2, -0.15) is 0 Å². The number of phenolic OH excluding ortho intramolecular Hbond substituents is 1. The number of β-amino-alcohol motifs (C(OH)–C–C–N with tert-alkyl or cyclic N) is 1. The Morgan fingerprint density at radius 2 is 1.76 bits per heavy atom. The second-order valence-electron chi connectivity index (χ2n) is 8.76. The maximum absolute atomic E-state index is 10.5. The Bertz CT molecular complexity index is 591. The van der Waals surface area contributed by atoms with Gasteiger partial charge in [0.05, 0.1) is 6.10 Å². The monoisotopic (exact) mass is 347 g/mol. The standard InChI is InChI=1S/C20H33N3O2/c1-20(2,3)16-5-6-18(24)15(11-16)12-22-13-17(19(25)14-22)23-9-7-21(4)8-10-23/h5-6,11,17,19,24-25H,7-10,12-14H2,1-4H3/t17-,19-/m1/s1. The van der Waals surface area contributed by atoms with Crippen LogP contribution in [-0.4, -0.2) is 83.4 Å². The summed E-state index contributed by atoms with van der Waals surface area (Å²) in [4.78, 5) is 7.04. The number of hydrogen-bond acceptors (Lipinski definition) is 5. The van der Waals surface area contributed by atoms with Crippen molar-refractivity contribution in [3.63, 3.8) is 0 Å². The number of nitrogens with zero attached hydrogens (tertiary/aromatic N) is 3. The van der Waals surface area contributed by atoms with Crippen LogP contribution in [0, 0.1) is 0 Å². The fourth-order valence-corrected chi connectivity index (χ4v) is 3.91. The molecule has 0 aromatic heterocycles. The van der Waals surface area contributed by atoms with Crippen LogP contribution in [0.5, 0.6) is 5.75 Å². The van der Waals surface area contributed by atoms with E-state index < -0.39 is 0 Å². The number of rotatable bonds is 3. The first-order valence-electron chi connectivity index (χ1n) is 9.39. The third-order valence-electron chi connectivity index (χ3n) is 5.68. The van der Waals surface area contributed by atoms with Crippen molar-refractivity contribution in [2.45, 2.75) is 44.9 Å². The summed E-state index contributed by atoms with van der Waals surface area (Å²) in [7, 11) is 2.15. The minimum Gasteiger partial charge on any atom is -0.508 e. The molecule has 0 amide bonds. The van der Waals surface area contributed by atoms with Crippen molar-refractivity contribution in [3.8, 4) is 5.75 Å². The van der Waals surface area contributed by atoms with E-state index in [9.17, 15) is 10.2 Å². The zero-order valence-corrected chi connectivity index (χ0v) is 16.1. The van der Waals surface area contributed by atoms with Crippen molar-refractivity contribution < 1.29 is 10.2 Å². The lowest BCUT2D eigenvalue weighted by Crippen LogP contribution is -2.52. The van der Waals surface area contributed by atoms with E-state index in [1.54, 1.807) is 6.07 Å². The van der Waals surface area contributed by atoms with Crippen LogP contribution in [0.1, 0.15) is 31.9 Å². The van der Waals surface area contributed by atoms with Gasteiger partial charge in [-0.05, 0) is 24.1 Å². The molecular weight excluding hydrogens is 314 g/mol. The molecule has 2 atom stereocenters. The van der Waals surface area contributed by atoms with E-state index in [1.165, 1.54) is 5.56 Å². The number of piperazine rings is 1. The normalized spacial score (nSPS) is 27.1. The SMILES string of the molecule is CN1CCN([C@@H]2CN(Cc3cc(C(C)(C)C)ccc3O)C[C@H]2O)CC1. The van der Waals surface area contributed by atoms with Gasteiger partial charge >= 0.3 is 0 Å². The number of aromatic hydroxyl groups is 1. The van der Waals surface area contributed by atoms with Crippen LogP contribution in [0.2, 0.25) is 0 Å². The molecule has 0 unspecified atom stereocenters. The van der Waals surface area contributed by atoms with Gasteiger partial charge in [0.2, 0.25) is 0 Å². The Labute approximate surface area is 151 Å². The number of phenols is 1. The molecule has 2 saturated heterocycles. The summed E-state index contributed by atoms with van der Waals surface area (Å²) in [5.41, 5.74) is 2.25. The Hall–Kier alpha value is -1.14. The number of aliphatic hydroxyl groups excluding tert-OH is 1. The molecule has 3 rings (SSSR count). The van der Waals surface area contributed by atoms with Crippen molar-refractivity contribution in [2.24, 2.45) is 0 Å². The van der Waals surface area contributed by atoms with Crippen molar-refractivity contribution >= 4 is 0 Å². The highest BCUT2D eigenvalue weighted by Gasteiger charge is 2.36. The lowest BCUT2D eigenvalue weighted by atomic mass is 9.86. The van der Waals surface area contributed by atoms with Gasteiger partial charge in [0, 0.05) is 57.4 Å². The number of benzene rings is 1. The van der Waals surface area contributed by atoms with Crippen LogP contribution in [0.4, 0.5) is 0 Å². The minimum atomic E-state index is -0.309. The second kappa shape index (κ2) is 7.23. The fourth-order valence-electron chi connectivity index (χ4n) is 3.91. The largest absolute Gasteiger partial charge is 0.508 e. The molecule has 2 fully saturated rings. The van der Waals surface area contributed by atoms with Gasteiger partial charge in [-0.1, -0.05) is 32.9 Å². The Balaban J connectivity index is 1.66. The zero-order chi connectivity index (χ0) is 18.2. The van der Waals surface area contributed by atoms with Gasteiger partial charge in [-0.3, -0.25) is 9.80 Å². The van der Waals surface area contributed by atoms with Crippen molar-refractivity contribution in [3.05, 3.63) is 29.3 Å². The Morgan fingerprint density at radius 3 is 2.40 bits per heavy atom. The van der Waals surface area contributed by atoms with Crippen LogP contribution in [0.3, 0.4) is 0 Å². The molecule has 0 aliphatic carbocycles. The molecule has 0 spiro atoms. The summed E-state index contributed by atoms with van der Waals surface area (Å²) >= 11 is 0. The number of hydrogen-bond donors (Lipinski definition) is 2. The minimum absolute atomic E-state index is 0.0648. The molecule has 25 heavy (non-hydrogen) atoms. The third kappa shape index (κ3) is 4.34. The van der Waals surface area contributed by atoms with Gasteiger partial charge in [0.25, 0.3) is 0 Å². The molecule has 0 bridgehead atoms. The molecule has 0 radical (unpaired) electrons. The molecule has 2 heterocycles. The maximum Gasteiger partial charge on any atom is 0.120 e. The average Bonchev–Trinajstić information content (AvgIpc) is 2.90. The molecule has 1 aromatic rings. The first-order valence-corrected chi connectivity index (χ1v) is 9.39. The van der Waals surface area contributed by atoms with E-state index in [0.717, 1.165) is 38.3 Å². The average molecular weight is 348 g/mol. The summed E-state index contributed by atoms with van der Waals surface area (Å²) in [6.07, 6.45) is -0.309. The fraction of sp³-hybridized carbons (Fsp3) is 0.700. The quantitative estimate of drug-likeness (QED) is 0.867. The molecule has 2 N–H and O–H groups in total. The molecule has 5 nitrogen and oxygen atoms in total. The molecule has 2 aliphatic rings. The van der Waals surface area contributed by atoms with E-state index in [-0.39, 0.29) is 17.6 Å². The molecule has 0 saturated carbocycles. The Morgan fingerprint density at radius 1 is 1.08 bits per heavy atom. The van der Waals surface area contributed by atoms with E-state index >= 15 is 0 Å². The lowest BCUT2D eigenvalue weighted by molar-refractivity contribution is 0.0512. The lowest BCUT2D eigenvalue weighted by Gasteiger charge is -2.37. The topological polar surface area (TPSA) is 50.2 Å². The molecule has 1 aromatic carbocycles. The molecule has 5 heteroatoms. The Kier molecular flexibility index (Phi) is 5.40. The second-order valence-corrected chi connectivity index (χ2v) is 8.76. The highest BCUT2D eigenvalue weighted by molar-refractivity contribution is 5.38. The summed E-state index contributed by atoms with van der Waals surface area (Å²) in [6, 6.07) is 6.14. The summed E-state index contributed by atoms with van der Waals surface area (Å²) in [5.74, 6) is 0.352. The number of likely N-dealkylation sites (N-methyl/N-ethyl adjacent to an activating group) is 1. The highest BCUT2D eigenvalue weighted by Crippen LogP contribution is 2.29. The molecule has 140 valence electrons. The van der Waals surface area contributed by atoms with Crippen molar-refractivity contribution in [1.82, 2.24) is 14.7 Å². The summed E-state index contributed by atoms with van der Waals surface area (Å²) < 4.78 is 0. The van der Waals surface area contributed by atoms with E-state index in [0.29, 0.717) is 18.8 Å². The van der Waals surface area contributed by atoms with Crippen molar-refractivity contribution in [1.29, 1.82) is 0 Å². The molecular formula is C20H33N3O2. The summed E-state index contributed by atoms with van der Waals surface area (Å²) in [6.45, 7) is 13.0. The van der Waals surface area contributed by atoms with E-state index in [2.05, 4.69) is 48.6 Å². The van der Waals surface area contributed by atoms with Crippen LogP contribution in [0.15, 0.2) is 18.2 Å². The van der Waals surface area contributed by atoms with Gasteiger partial charge in [-0.25, -0.2) is 0 Å². The van der Waals surface area contributed by atoms with Gasteiger partial charge in [-0.15, -0.1) is 0 Å². The predicted octanol–water partition coefficient (Wildman–Crippen LogP) is 1.48. The zero-order valence-electron chi connectivity index (χ0n) is 16.1. The van der Waals surface area contributed by atoms with Crippen LogP contribution in [-0.2, 0) is 12.0 Å². The predicted molar refractivity (Wildman–Crippen MR) is 101 cm³/mol. The number of aliphatic hydroxyl groups is 1. The number of likely N-dealkylation sites (tertiary alicyclic amines) is 1. The van der Waals surface area contributed by atoms with E-state index in [1.807, 2.05) is 6.07 Å². The van der Waals surface area contributed by atoms with Crippen molar-refractivity contribution in [2.75, 3.05) is 46.3 Å². The molecule has 2 aliphatic heterocycles. The first kappa shape index (κ1) is 18.6. The highest BCUT2D eigenvalue weighted by atomic mass is 16.3. The van der Waals surface area contributed by atoms with Crippen LogP contribution < -0.4 is 0 Å². The van der Waals surface area contributed by atoms with Gasteiger partial charge in [0.1, 0.15) is 5.75 Å². The van der Waals surface area contributed by atoms with Crippen LogP contribution >= 0.6 is 0 Å². The summed E-state index contributed by atoms with van der Waals surface area (Å²) in [5, 5.41) is 20.8. The third-order valence-corrected chi connectivity index (χ3v) is 5.68. The first-order chi connectivity index (χ1) is 11.7. The maximum atomic E-state index is 10.5. The van der Waals surface area contributed by atoms with E-state index in [4.69, 9.17) is 0 Å². The smallest absolute Gasteiger partial charge is 0.120 e.